The number of carbonyl (C=O) groups excluding carboxylic acids is 2. The number of ketones is 1. The molecular weight excluding hydrogens is 428 g/mol. The third kappa shape index (κ3) is 4.81. The molecule has 0 aliphatic rings. The van der Waals surface area contributed by atoms with Gasteiger partial charge in [-0.3, -0.25) is 4.79 Å². The van der Waals surface area contributed by atoms with E-state index in [1.807, 2.05) is 0 Å². The molecule has 1 heterocycles. The van der Waals surface area contributed by atoms with Crippen molar-refractivity contribution in [3.8, 4) is 0 Å². The molecule has 1 aromatic heterocycles. The van der Waals surface area contributed by atoms with Crippen molar-refractivity contribution in [2.45, 2.75) is 24.8 Å². The molecule has 0 aliphatic heterocycles. The lowest BCUT2D eigenvalue weighted by Gasteiger charge is -2.18. The lowest BCUT2D eigenvalue weighted by atomic mass is 10.00. The molecule has 3 rings (SSSR count). The summed E-state index contributed by atoms with van der Waals surface area (Å²) in [4.78, 5) is 26.2. The van der Waals surface area contributed by atoms with E-state index in [-0.39, 0.29) is 16.4 Å². The first-order valence-corrected chi connectivity index (χ1v) is 11.7. The van der Waals surface area contributed by atoms with E-state index in [1.165, 1.54) is 21.1 Å². The fraction of sp³-hybridized carbons (Fsp3) is 0.250. The van der Waals surface area contributed by atoms with Crippen molar-refractivity contribution in [1.29, 1.82) is 0 Å². The van der Waals surface area contributed by atoms with Crippen LogP contribution in [0.5, 0.6) is 0 Å². The zero-order chi connectivity index (χ0) is 23.3. The number of sulfonamides is 1. The first-order chi connectivity index (χ1) is 15.3. The van der Waals surface area contributed by atoms with Crippen LogP contribution in [0.1, 0.15) is 46.4 Å². The Kier molecular flexibility index (Phi) is 7.27. The Labute approximate surface area is 188 Å². The van der Waals surface area contributed by atoms with Gasteiger partial charge in [-0.25, -0.2) is 13.2 Å². The van der Waals surface area contributed by atoms with Gasteiger partial charge >= 0.3 is 5.97 Å². The van der Waals surface area contributed by atoms with Gasteiger partial charge in [0.25, 0.3) is 0 Å². The van der Waals surface area contributed by atoms with Gasteiger partial charge in [0.05, 0.1) is 0 Å². The highest BCUT2D eigenvalue weighted by molar-refractivity contribution is 7.89. The van der Waals surface area contributed by atoms with Gasteiger partial charge in [-0.15, -0.1) is 0 Å². The van der Waals surface area contributed by atoms with Crippen molar-refractivity contribution >= 4 is 21.8 Å². The topological polar surface area (TPSA) is 85.7 Å². The average Bonchev–Trinajstić information content (AvgIpc) is 3.21. The molecule has 168 valence electrons. The summed E-state index contributed by atoms with van der Waals surface area (Å²) in [7, 11) is -2.17. The van der Waals surface area contributed by atoms with Crippen LogP contribution in [0.3, 0.4) is 0 Å². The number of Topliss-reactive ketones (excluding diaryl/α,β-unsaturated/α-hetero) is 1. The van der Waals surface area contributed by atoms with Crippen LogP contribution in [0.2, 0.25) is 0 Å². The number of aromatic nitrogens is 1. The van der Waals surface area contributed by atoms with Gasteiger partial charge in [-0.2, -0.15) is 4.31 Å². The molecule has 0 saturated carbocycles. The normalized spacial score (nSPS) is 12.5. The van der Waals surface area contributed by atoms with Crippen molar-refractivity contribution in [3.63, 3.8) is 0 Å². The van der Waals surface area contributed by atoms with Crippen LogP contribution in [-0.4, -0.2) is 42.1 Å². The number of aryl methyl sites for hydroxylation is 1. The largest absolute Gasteiger partial charge is 0.444 e. The second kappa shape index (κ2) is 9.93. The van der Waals surface area contributed by atoms with E-state index in [9.17, 15) is 18.0 Å². The summed E-state index contributed by atoms with van der Waals surface area (Å²) >= 11 is 0. The number of rotatable bonds is 9. The highest BCUT2D eigenvalue weighted by Crippen LogP contribution is 2.25. The molecule has 0 radical (unpaired) electrons. The van der Waals surface area contributed by atoms with Gasteiger partial charge in [0.15, 0.2) is 6.10 Å². The molecule has 1 unspecified atom stereocenters. The minimum atomic E-state index is -3.74. The SMILES string of the molecule is CCN(CC)S(=O)(=O)c1cc(C(=O)OC(C(=O)c2ccccc2)c2ccccc2)n(C)c1. The third-order valence-corrected chi connectivity index (χ3v) is 7.17. The molecule has 8 heteroatoms. The van der Waals surface area contributed by atoms with Gasteiger partial charge < -0.3 is 9.30 Å². The highest BCUT2D eigenvalue weighted by Gasteiger charge is 2.30. The summed E-state index contributed by atoms with van der Waals surface area (Å²) < 4.78 is 34.0. The van der Waals surface area contributed by atoms with E-state index in [4.69, 9.17) is 4.74 Å². The molecule has 0 amide bonds. The Hall–Kier alpha value is -3.23. The summed E-state index contributed by atoms with van der Waals surface area (Å²) in [6, 6.07) is 18.6. The van der Waals surface area contributed by atoms with Gasteiger partial charge in [-0.1, -0.05) is 74.5 Å². The molecule has 2 aromatic carbocycles. The Morgan fingerprint density at radius 1 is 0.969 bits per heavy atom. The molecular formula is C24H26N2O5S. The smallest absolute Gasteiger partial charge is 0.356 e. The van der Waals surface area contributed by atoms with E-state index >= 15 is 0 Å². The minimum absolute atomic E-state index is 0.00120. The maximum Gasteiger partial charge on any atom is 0.356 e. The van der Waals surface area contributed by atoms with E-state index in [0.717, 1.165) is 0 Å². The van der Waals surface area contributed by atoms with Gasteiger partial charge in [0, 0.05) is 37.5 Å². The van der Waals surface area contributed by atoms with Crippen LogP contribution in [-0.2, 0) is 21.8 Å². The quantitative estimate of drug-likeness (QED) is 0.362. The van der Waals surface area contributed by atoms with Crippen LogP contribution >= 0.6 is 0 Å². The van der Waals surface area contributed by atoms with E-state index < -0.39 is 22.1 Å². The Morgan fingerprint density at radius 2 is 1.53 bits per heavy atom. The minimum Gasteiger partial charge on any atom is -0.444 e. The summed E-state index contributed by atoms with van der Waals surface area (Å²) in [5.74, 6) is -1.15. The Morgan fingerprint density at radius 3 is 2.09 bits per heavy atom. The van der Waals surface area contributed by atoms with Crippen LogP contribution in [0, 0.1) is 0 Å². The zero-order valence-corrected chi connectivity index (χ0v) is 19.1. The standard InChI is InChI=1S/C24H26N2O5S/c1-4-26(5-2)32(29,30)20-16-21(25(3)17-20)24(28)31-23(19-14-10-7-11-15-19)22(27)18-12-8-6-9-13-18/h6-17,23H,4-5H2,1-3H3. The molecule has 0 spiro atoms. The molecule has 32 heavy (non-hydrogen) atoms. The second-order valence-corrected chi connectivity index (χ2v) is 9.13. The molecule has 0 fully saturated rings. The summed E-state index contributed by atoms with van der Waals surface area (Å²) in [6.45, 7) is 4.13. The molecule has 0 saturated heterocycles. The Bertz CT molecular complexity index is 1180. The first kappa shape index (κ1) is 23.4. The first-order valence-electron chi connectivity index (χ1n) is 10.3. The molecule has 0 aliphatic carbocycles. The zero-order valence-electron chi connectivity index (χ0n) is 18.3. The number of hydrogen-bond acceptors (Lipinski definition) is 5. The second-order valence-electron chi connectivity index (χ2n) is 7.19. The molecule has 3 aromatic rings. The van der Waals surface area contributed by atoms with Crippen molar-refractivity contribution in [2.75, 3.05) is 13.1 Å². The predicted octanol–water partition coefficient (Wildman–Crippen LogP) is 3.84. The van der Waals surface area contributed by atoms with Crippen molar-refractivity contribution < 1.29 is 22.7 Å². The fourth-order valence-corrected chi connectivity index (χ4v) is 4.94. The molecule has 7 nitrogen and oxygen atoms in total. The van der Waals surface area contributed by atoms with E-state index in [0.29, 0.717) is 24.2 Å². The highest BCUT2D eigenvalue weighted by atomic mass is 32.2. The van der Waals surface area contributed by atoms with Crippen LogP contribution in [0.4, 0.5) is 0 Å². The summed E-state index contributed by atoms with van der Waals surface area (Å²) in [5, 5.41) is 0. The maximum atomic E-state index is 13.1. The molecule has 1 atom stereocenters. The third-order valence-electron chi connectivity index (χ3n) is 5.16. The lowest BCUT2D eigenvalue weighted by molar-refractivity contribution is 0.0271. The van der Waals surface area contributed by atoms with Crippen molar-refractivity contribution in [3.05, 3.63) is 89.7 Å². The number of carbonyl (C=O) groups is 2. The number of esters is 1. The van der Waals surface area contributed by atoms with E-state index in [1.54, 1.807) is 81.6 Å². The maximum absolute atomic E-state index is 13.1. The number of hydrogen-bond donors (Lipinski definition) is 0. The molecule has 0 bridgehead atoms. The number of benzene rings is 2. The van der Waals surface area contributed by atoms with Crippen LogP contribution < -0.4 is 0 Å². The van der Waals surface area contributed by atoms with Crippen LogP contribution in [0.25, 0.3) is 0 Å². The van der Waals surface area contributed by atoms with Gasteiger partial charge in [-0.05, 0) is 6.07 Å². The monoisotopic (exact) mass is 454 g/mol. The van der Waals surface area contributed by atoms with Crippen LogP contribution in [0.15, 0.2) is 77.8 Å². The lowest BCUT2D eigenvalue weighted by Crippen LogP contribution is -2.30. The Balaban J connectivity index is 1.94. The fourth-order valence-electron chi connectivity index (χ4n) is 3.41. The number of nitrogens with zero attached hydrogens (tertiary/aromatic N) is 2. The van der Waals surface area contributed by atoms with E-state index in [2.05, 4.69) is 0 Å². The average molecular weight is 455 g/mol. The van der Waals surface area contributed by atoms with Gasteiger partial charge in [0.2, 0.25) is 15.8 Å². The predicted molar refractivity (Wildman–Crippen MR) is 121 cm³/mol. The van der Waals surface area contributed by atoms with Crippen molar-refractivity contribution in [1.82, 2.24) is 8.87 Å². The number of ether oxygens (including phenoxy) is 1. The molecule has 0 N–H and O–H groups in total. The summed E-state index contributed by atoms with van der Waals surface area (Å²) in [6.07, 6.45) is 0.213. The van der Waals surface area contributed by atoms with Crippen molar-refractivity contribution in [2.24, 2.45) is 7.05 Å². The van der Waals surface area contributed by atoms with Gasteiger partial charge in [0.1, 0.15) is 10.6 Å². The summed E-state index contributed by atoms with van der Waals surface area (Å²) in [5.41, 5.74) is 0.975.